The van der Waals surface area contributed by atoms with E-state index in [1.807, 2.05) is 6.07 Å². The highest BCUT2D eigenvalue weighted by Gasteiger charge is 2.16. The van der Waals surface area contributed by atoms with Crippen molar-refractivity contribution in [3.63, 3.8) is 0 Å². The summed E-state index contributed by atoms with van der Waals surface area (Å²) in [5, 5.41) is 8.81. The van der Waals surface area contributed by atoms with Crippen LogP contribution in [-0.2, 0) is 0 Å². The molecule has 0 saturated carbocycles. The quantitative estimate of drug-likeness (QED) is 0.620. The van der Waals surface area contributed by atoms with Crippen molar-refractivity contribution in [2.24, 2.45) is 5.92 Å². The van der Waals surface area contributed by atoms with E-state index in [9.17, 15) is 9.59 Å². The van der Waals surface area contributed by atoms with Gasteiger partial charge in [-0.05, 0) is 44.0 Å². The molecule has 142 valence electrons. The number of hydrogen-bond donors (Lipinski definition) is 4. The number of piperidine rings is 1. The predicted molar refractivity (Wildman–Crippen MR) is 103 cm³/mol. The Bertz CT molecular complexity index is 833. The van der Waals surface area contributed by atoms with Crippen molar-refractivity contribution in [2.45, 2.75) is 12.8 Å². The smallest absolute Gasteiger partial charge is 0.273 e. The van der Waals surface area contributed by atoms with Gasteiger partial charge in [-0.3, -0.25) is 9.59 Å². The summed E-state index contributed by atoms with van der Waals surface area (Å²) in [4.78, 5) is 32.7. The van der Waals surface area contributed by atoms with Crippen LogP contribution in [-0.4, -0.2) is 48.5 Å². The zero-order valence-electron chi connectivity index (χ0n) is 15.3. The molecule has 5 N–H and O–H groups in total. The normalized spacial score (nSPS) is 14.6. The van der Waals surface area contributed by atoms with Crippen LogP contribution in [0.1, 0.15) is 33.7 Å². The zero-order chi connectivity index (χ0) is 19.2. The fourth-order valence-electron chi connectivity index (χ4n) is 3.07. The first kappa shape index (κ1) is 18.8. The molecule has 0 aliphatic carbocycles. The Hall–Kier alpha value is -3.00. The number of amides is 2. The highest BCUT2D eigenvalue weighted by molar-refractivity contribution is 5.97. The number of hydrogen-bond acceptors (Lipinski definition) is 6. The van der Waals surface area contributed by atoms with Crippen LogP contribution in [0.4, 0.5) is 5.82 Å². The van der Waals surface area contributed by atoms with Crippen molar-refractivity contribution in [3.05, 3.63) is 41.7 Å². The number of aromatic nitrogens is 2. The summed E-state index contributed by atoms with van der Waals surface area (Å²) >= 11 is 0. The Balaban J connectivity index is 1.75. The maximum absolute atomic E-state index is 12.5. The van der Waals surface area contributed by atoms with Crippen LogP contribution < -0.4 is 21.7 Å². The Labute approximate surface area is 158 Å². The summed E-state index contributed by atoms with van der Waals surface area (Å²) < 4.78 is 0. The van der Waals surface area contributed by atoms with Gasteiger partial charge in [0.25, 0.3) is 11.8 Å². The first-order valence-corrected chi connectivity index (χ1v) is 9.02. The molecule has 1 aromatic carbocycles. The van der Waals surface area contributed by atoms with E-state index < -0.39 is 5.91 Å². The van der Waals surface area contributed by atoms with Crippen LogP contribution >= 0.6 is 0 Å². The van der Waals surface area contributed by atoms with Gasteiger partial charge in [0.15, 0.2) is 11.5 Å². The summed E-state index contributed by atoms with van der Waals surface area (Å²) in [5.74, 6) is 0.0495. The molecule has 0 atom stereocenters. The lowest BCUT2D eigenvalue weighted by Gasteiger charge is -2.22. The van der Waals surface area contributed by atoms with E-state index in [4.69, 9.17) is 5.73 Å². The standard InChI is InChI=1S/C19H24N6O2/c1-21-19(27)16-17(20)23-11-15(25-16)13-3-2-4-14(9-13)18(26)24-10-12-5-7-22-8-6-12/h2-4,9,11-12,22H,5-8,10H2,1H3,(H2,20,23)(H,21,27)(H,24,26). The van der Waals surface area contributed by atoms with E-state index in [2.05, 4.69) is 25.9 Å². The van der Waals surface area contributed by atoms with Gasteiger partial charge in [0.2, 0.25) is 0 Å². The van der Waals surface area contributed by atoms with Crippen molar-refractivity contribution in [3.8, 4) is 11.3 Å². The lowest BCUT2D eigenvalue weighted by atomic mass is 9.98. The number of benzene rings is 1. The number of carbonyl (C=O) groups is 2. The minimum Gasteiger partial charge on any atom is -0.382 e. The van der Waals surface area contributed by atoms with E-state index in [1.165, 1.54) is 13.2 Å². The minimum atomic E-state index is -0.405. The SMILES string of the molecule is CNC(=O)c1nc(-c2cccc(C(=O)NCC3CCNCC3)c2)cnc1N. The summed E-state index contributed by atoms with van der Waals surface area (Å²) in [5.41, 5.74) is 7.52. The number of nitrogens with two attached hydrogens (primary N) is 1. The molecule has 3 rings (SSSR count). The summed E-state index contributed by atoms with van der Waals surface area (Å²) in [7, 11) is 1.50. The predicted octanol–water partition coefficient (Wildman–Crippen LogP) is 0.815. The number of nitrogen functional groups attached to an aromatic ring is 1. The average molecular weight is 368 g/mol. The number of nitrogens with one attached hydrogen (secondary N) is 3. The molecule has 0 bridgehead atoms. The van der Waals surface area contributed by atoms with E-state index in [0.29, 0.717) is 29.3 Å². The van der Waals surface area contributed by atoms with E-state index in [1.54, 1.807) is 18.2 Å². The van der Waals surface area contributed by atoms with Crippen molar-refractivity contribution >= 4 is 17.6 Å². The van der Waals surface area contributed by atoms with Crippen LogP contribution in [0, 0.1) is 5.92 Å². The lowest BCUT2D eigenvalue weighted by Crippen LogP contribution is -2.35. The van der Waals surface area contributed by atoms with Crippen molar-refractivity contribution in [1.82, 2.24) is 25.9 Å². The molecular weight excluding hydrogens is 344 g/mol. The second kappa shape index (κ2) is 8.59. The number of carbonyl (C=O) groups excluding carboxylic acids is 2. The van der Waals surface area contributed by atoms with Crippen LogP contribution in [0.3, 0.4) is 0 Å². The Kier molecular flexibility index (Phi) is 5.97. The van der Waals surface area contributed by atoms with Gasteiger partial charge in [0.1, 0.15) is 0 Å². The fraction of sp³-hybridized carbons (Fsp3) is 0.368. The third kappa shape index (κ3) is 4.59. The summed E-state index contributed by atoms with van der Waals surface area (Å²) in [6.45, 7) is 2.67. The monoisotopic (exact) mass is 368 g/mol. The molecule has 27 heavy (non-hydrogen) atoms. The molecule has 2 amide bonds. The molecular formula is C19H24N6O2. The zero-order valence-corrected chi connectivity index (χ0v) is 15.3. The average Bonchev–Trinajstić information content (AvgIpc) is 2.72. The number of nitrogens with zero attached hydrogens (tertiary/aromatic N) is 2. The van der Waals surface area contributed by atoms with E-state index in [-0.39, 0.29) is 17.4 Å². The van der Waals surface area contributed by atoms with Crippen molar-refractivity contribution < 1.29 is 9.59 Å². The lowest BCUT2D eigenvalue weighted by molar-refractivity contribution is 0.0940. The number of anilines is 1. The minimum absolute atomic E-state index is 0.0639. The Morgan fingerprint density at radius 2 is 2.04 bits per heavy atom. The molecule has 1 saturated heterocycles. The molecule has 8 nitrogen and oxygen atoms in total. The van der Waals surface area contributed by atoms with Crippen LogP contribution in [0.25, 0.3) is 11.3 Å². The topological polar surface area (TPSA) is 122 Å². The van der Waals surface area contributed by atoms with Gasteiger partial charge in [-0.15, -0.1) is 0 Å². The fourth-order valence-corrected chi connectivity index (χ4v) is 3.07. The molecule has 1 aromatic heterocycles. The van der Waals surface area contributed by atoms with Crippen molar-refractivity contribution in [2.75, 3.05) is 32.4 Å². The molecule has 1 fully saturated rings. The molecule has 0 spiro atoms. The van der Waals surface area contributed by atoms with Gasteiger partial charge >= 0.3 is 0 Å². The first-order valence-electron chi connectivity index (χ1n) is 9.02. The molecule has 2 heterocycles. The van der Waals surface area contributed by atoms with Gasteiger partial charge < -0.3 is 21.7 Å². The third-order valence-electron chi connectivity index (χ3n) is 4.67. The molecule has 8 heteroatoms. The maximum Gasteiger partial charge on any atom is 0.273 e. The molecule has 1 aliphatic rings. The second-order valence-electron chi connectivity index (χ2n) is 6.55. The first-order chi connectivity index (χ1) is 13.1. The Morgan fingerprint density at radius 3 is 2.78 bits per heavy atom. The van der Waals surface area contributed by atoms with Gasteiger partial charge in [-0.1, -0.05) is 12.1 Å². The van der Waals surface area contributed by atoms with Crippen LogP contribution in [0.15, 0.2) is 30.5 Å². The van der Waals surface area contributed by atoms with Crippen molar-refractivity contribution in [1.29, 1.82) is 0 Å². The van der Waals surface area contributed by atoms with E-state index in [0.717, 1.165) is 25.9 Å². The molecule has 1 aliphatic heterocycles. The maximum atomic E-state index is 12.5. The summed E-state index contributed by atoms with van der Waals surface area (Å²) in [6, 6.07) is 7.10. The van der Waals surface area contributed by atoms with Gasteiger partial charge in [0, 0.05) is 24.7 Å². The van der Waals surface area contributed by atoms with Crippen LogP contribution in [0.2, 0.25) is 0 Å². The van der Waals surface area contributed by atoms with Gasteiger partial charge in [-0.2, -0.15) is 0 Å². The van der Waals surface area contributed by atoms with Gasteiger partial charge in [0.05, 0.1) is 11.9 Å². The highest BCUT2D eigenvalue weighted by atomic mass is 16.2. The van der Waals surface area contributed by atoms with Gasteiger partial charge in [-0.25, -0.2) is 9.97 Å². The third-order valence-corrected chi connectivity index (χ3v) is 4.67. The molecule has 0 unspecified atom stereocenters. The highest BCUT2D eigenvalue weighted by Crippen LogP contribution is 2.20. The second-order valence-corrected chi connectivity index (χ2v) is 6.55. The number of rotatable bonds is 5. The molecule has 0 radical (unpaired) electrons. The molecule has 2 aromatic rings. The van der Waals surface area contributed by atoms with E-state index >= 15 is 0 Å². The Morgan fingerprint density at radius 1 is 1.26 bits per heavy atom. The van der Waals surface area contributed by atoms with Crippen LogP contribution in [0.5, 0.6) is 0 Å². The summed E-state index contributed by atoms with van der Waals surface area (Å²) in [6.07, 6.45) is 3.64. The largest absolute Gasteiger partial charge is 0.382 e.